The molecule has 3 rings (SSSR count). The molecule has 2 aliphatic heterocycles. The molecule has 3 N–H and O–H groups in total. The summed E-state index contributed by atoms with van der Waals surface area (Å²) in [6.45, 7) is 8.20. The highest BCUT2D eigenvalue weighted by molar-refractivity contribution is 6.16. The Kier molecular flexibility index (Phi) is 5.13. The molecule has 8 heteroatoms. The maximum atomic E-state index is 13.3. The Morgan fingerprint density at radius 1 is 1.03 bits per heavy atom. The van der Waals surface area contributed by atoms with Crippen LogP contribution in [-0.4, -0.2) is 30.1 Å². The number of nitrogens with one attached hydrogen (secondary N) is 1. The normalized spacial score (nSPS) is 20.7. The highest BCUT2D eigenvalue weighted by Gasteiger charge is 2.62. The quantitative estimate of drug-likeness (QED) is 0.584. The second-order valence-electron chi connectivity index (χ2n) is 7.44. The van der Waals surface area contributed by atoms with Crippen molar-refractivity contribution in [1.82, 2.24) is 0 Å². The summed E-state index contributed by atoms with van der Waals surface area (Å²) in [5, 5.41) is 2.92. The number of hydrogen-bond donors (Lipinski definition) is 2. The summed E-state index contributed by atoms with van der Waals surface area (Å²) in [5.74, 6) is -2.42. The average Bonchev–Trinajstić information content (AvgIpc) is 2.84. The van der Waals surface area contributed by atoms with Crippen LogP contribution in [0.25, 0.3) is 0 Å². The summed E-state index contributed by atoms with van der Waals surface area (Å²) in [6.07, 6.45) is -0.912. The monoisotopic (exact) mass is 400 g/mol. The predicted molar refractivity (Wildman–Crippen MR) is 104 cm³/mol. The number of carbonyl (C=O) groups is 3. The van der Waals surface area contributed by atoms with Gasteiger partial charge in [-0.3, -0.25) is 0 Å². The van der Waals surface area contributed by atoms with Gasteiger partial charge >= 0.3 is 17.9 Å². The van der Waals surface area contributed by atoms with Gasteiger partial charge in [-0.2, -0.15) is 0 Å². The molecule has 154 valence electrons. The average molecular weight is 400 g/mol. The van der Waals surface area contributed by atoms with E-state index in [0.717, 1.165) is 0 Å². The van der Waals surface area contributed by atoms with E-state index < -0.39 is 35.5 Å². The zero-order valence-electron chi connectivity index (χ0n) is 17.0. The fourth-order valence-electron chi connectivity index (χ4n) is 3.67. The lowest BCUT2D eigenvalue weighted by Crippen LogP contribution is -2.48. The number of anilines is 1. The van der Waals surface area contributed by atoms with Crippen molar-refractivity contribution in [3.63, 3.8) is 0 Å². The number of esters is 3. The Morgan fingerprint density at radius 3 is 2.17 bits per heavy atom. The van der Waals surface area contributed by atoms with E-state index >= 15 is 0 Å². The van der Waals surface area contributed by atoms with E-state index in [1.165, 1.54) is 6.92 Å². The first-order chi connectivity index (χ1) is 13.6. The minimum absolute atomic E-state index is 0.0556. The topological polar surface area (TPSA) is 117 Å². The van der Waals surface area contributed by atoms with Crippen LogP contribution in [0.1, 0.15) is 40.2 Å². The van der Waals surface area contributed by atoms with Gasteiger partial charge in [0, 0.05) is 11.3 Å². The standard InChI is InChI=1S/C21H24N2O6/c1-10(2)27-18(24)15-12(5)29-20(26)21(15)13-8-6-7-9-14(13)23-17(22)16(21)19(25)28-11(3)4/h6-11,23H,22H2,1-5H3/t21-/m0/s1. The van der Waals surface area contributed by atoms with Gasteiger partial charge in [-0.1, -0.05) is 18.2 Å². The number of cyclic esters (lactones) is 1. The molecule has 2 heterocycles. The molecule has 0 amide bonds. The van der Waals surface area contributed by atoms with Crippen molar-refractivity contribution >= 4 is 23.6 Å². The number of hydrogen-bond acceptors (Lipinski definition) is 8. The van der Waals surface area contributed by atoms with Crippen LogP contribution < -0.4 is 11.1 Å². The lowest BCUT2D eigenvalue weighted by atomic mass is 9.67. The first kappa shape index (κ1) is 20.4. The van der Waals surface area contributed by atoms with Gasteiger partial charge in [0.05, 0.1) is 12.2 Å². The van der Waals surface area contributed by atoms with Crippen molar-refractivity contribution in [3.8, 4) is 0 Å². The molecule has 29 heavy (non-hydrogen) atoms. The predicted octanol–water partition coefficient (Wildman–Crippen LogP) is 2.25. The van der Waals surface area contributed by atoms with Crippen molar-refractivity contribution in [2.45, 2.75) is 52.2 Å². The van der Waals surface area contributed by atoms with Crippen LogP contribution in [0.5, 0.6) is 0 Å². The van der Waals surface area contributed by atoms with Gasteiger partial charge in [-0.05, 0) is 40.7 Å². The van der Waals surface area contributed by atoms with E-state index in [-0.39, 0.29) is 22.7 Å². The number of para-hydroxylation sites is 1. The van der Waals surface area contributed by atoms with E-state index in [0.29, 0.717) is 11.3 Å². The second kappa shape index (κ2) is 7.27. The van der Waals surface area contributed by atoms with Crippen LogP contribution in [0, 0.1) is 0 Å². The van der Waals surface area contributed by atoms with Crippen molar-refractivity contribution in [1.29, 1.82) is 0 Å². The molecule has 0 unspecified atom stereocenters. The van der Waals surface area contributed by atoms with Crippen LogP contribution in [0.2, 0.25) is 0 Å². The lowest BCUT2D eigenvalue weighted by Gasteiger charge is -2.36. The third-order valence-corrected chi connectivity index (χ3v) is 4.62. The van der Waals surface area contributed by atoms with E-state index in [9.17, 15) is 14.4 Å². The largest absolute Gasteiger partial charge is 0.459 e. The zero-order valence-corrected chi connectivity index (χ0v) is 17.0. The lowest BCUT2D eigenvalue weighted by molar-refractivity contribution is -0.149. The fraction of sp³-hybridized carbons (Fsp3) is 0.381. The second-order valence-corrected chi connectivity index (χ2v) is 7.44. The maximum Gasteiger partial charge on any atom is 0.339 e. The minimum Gasteiger partial charge on any atom is -0.459 e. The first-order valence-corrected chi connectivity index (χ1v) is 9.33. The Hall–Kier alpha value is -3.29. The Morgan fingerprint density at radius 2 is 1.59 bits per heavy atom. The number of nitrogens with two attached hydrogens (primary N) is 1. The summed E-state index contributed by atoms with van der Waals surface area (Å²) >= 11 is 0. The molecule has 0 bridgehead atoms. The Bertz CT molecular complexity index is 960. The molecule has 0 radical (unpaired) electrons. The van der Waals surface area contributed by atoms with Crippen molar-refractivity contribution in [3.05, 3.63) is 52.6 Å². The number of fused-ring (bicyclic) bond motifs is 2. The first-order valence-electron chi connectivity index (χ1n) is 9.33. The maximum absolute atomic E-state index is 13.3. The van der Waals surface area contributed by atoms with Gasteiger partial charge in [0.2, 0.25) is 0 Å². The highest BCUT2D eigenvalue weighted by atomic mass is 16.6. The van der Waals surface area contributed by atoms with E-state index in [2.05, 4.69) is 5.32 Å². The molecular formula is C21H24N2O6. The van der Waals surface area contributed by atoms with Gasteiger partial charge in [0.15, 0.2) is 5.41 Å². The van der Waals surface area contributed by atoms with Gasteiger partial charge in [0.1, 0.15) is 22.7 Å². The van der Waals surface area contributed by atoms with Crippen molar-refractivity contribution in [2.75, 3.05) is 5.32 Å². The minimum atomic E-state index is -1.88. The smallest absolute Gasteiger partial charge is 0.339 e. The molecule has 0 saturated heterocycles. The SMILES string of the molecule is CC1=C(C(=O)OC(C)C)[C@]2(C(=O)O1)C(C(=O)OC(C)C)=C(N)Nc1ccccc12. The third-order valence-electron chi connectivity index (χ3n) is 4.62. The van der Waals surface area contributed by atoms with Gasteiger partial charge in [-0.25, -0.2) is 14.4 Å². The molecule has 0 fully saturated rings. The molecule has 1 spiro atoms. The molecule has 1 aromatic rings. The van der Waals surface area contributed by atoms with Crippen LogP contribution in [0.15, 0.2) is 47.0 Å². The van der Waals surface area contributed by atoms with Crippen LogP contribution in [0.3, 0.4) is 0 Å². The highest BCUT2D eigenvalue weighted by Crippen LogP contribution is 2.52. The molecule has 0 aromatic heterocycles. The Labute approximate surface area is 168 Å². The number of rotatable bonds is 4. The molecule has 1 aromatic carbocycles. The molecule has 0 saturated carbocycles. The molecule has 0 aliphatic carbocycles. The number of carbonyl (C=O) groups excluding carboxylic acids is 3. The fourth-order valence-corrected chi connectivity index (χ4v) is 3.67. The summed E-state index contributed by atoms with van der Waals surface area (Å²) in [4.78, 5) is 39.4. The van der Waals surface area contributed by atoms with Crippen LogP contribution in [0.4, 0.5) is 5.69 Å². The summed E-state index contributed by atoms with van der Waals surface area (Å²) in [7, 11) is 0. The number of benzene rings is 1. The zero-order chi connectivity index (χ0) is 21.5. The number of allylic oxidation sites excluding steroid dienone is 1. The van der Waals surface area contributed by atoms with E-state index in [1.807, 2.05) is 0 Å². The molecular weight excluding hydrogens is 376 g/mol. The number of ether oxygens (including phenoxy) is 3. The van der Waals surface area contributed by atoms with E-state index in [1.54, 1.807) is 52.0 Å². The molecule has 8 nitrogen and oxygen atoms in total. The molecule has 1 atom stereocenters. The summed E-state index contributed by atoms with van der Waals surface area (Å²) in [6, 6.07) is 6.77. The summed E-state index contributed by atoms with van der Waals surface area (Å²) < 4.78 is 16.1. The van der Waals surface area contributed by atoms with Gasteiger partial charge < -0.3 is 25.3 Å². The van der Waals surface area contributed by atoms with Gasteiger partial charge in [-0.15, -0.1) is 0 Å². The van der Waals surface area contributed by atoms with Crippen molar-refractivity contribution in [2.24, 2.45) is 5.73 Å². The van der Waals surface area contributed by atoms with Crippen molar-refractivity contribution < 1.29 is 28.6 Å². The van der Waals surface area contributed by atoms with Crippen LogP contribution in [-0.2, 0) is 34.0 Å². The summed E-state index contributed by atoms with van der Waals surface area (Å²) in [5.41, 5.74) is 4.87. The Balaban J connectivity index is 2.34. The van der Waals surface area contributed by atoms with Crippen LogP contribution >= 0.6 is 0 Å². The molecule has 2 aliphatic rings. The van der Waals surface area contributed by atoms with Gasteiger partial charge in [0.25, 0.3) is 0 Å². The van der Waals surface area contributed by atoms with E-state index in [4.69, 9.17) is 19.9 Å². The third kappa shape index (κ3) is 3.14.